The SMILES string of the molecule is CC(C)Oc1ccc(NC(=O)c2cc(-c3cnc(N(C)C)nc3)cn2C)cc1. The number of nitrogens with one attached hydrogen (secondary N) is 1. The molecule has 0 radical (unpaired) electrons. The quantitative estimate of drug-likeness (QED) is 0.709. The molecule has 3 aromatic rings. The summed E-state index contributed by atoms with van der Waals surface area (Å²) < 4.78 is 7.41. The van der Waals surface area contributed by atoms with Crippen molar-refractivity contribution in [3.63, 3.8) is 0 Å². The number of nitrogens with zero attached hydrogens (tertiary/aromatic N) is 4. The number of amides is 1. The highest BCUT2D eigenvalue weighted by atomic mass is 16.5. The van der Waals surface area contributed by atoms with E-state index >= 15 is 0 Å². The van der Waals surface area contributed by atoms with Crippen LogP contribution in [0, 0.1) is 0 Å². The number of benzene rings is 1. The summed E-state index contributed by atoms with van der Waals surface area (Å²) in [6, 6.07) is 9.17. The molecule has 28 heavy (non-hydrogen) atoms. The van der Waals surface area contributed by atoms with Crippen LogP contribution in [0.5, 0.6) is 5.75 Å². The second-order valence-electron chi connectivity index (χ2n) is 7.04. The second kappa shape index (κ2) is 8.12. The summed E-state index contributed by atoms with van der Waals surface area (Å²) in [5.74, 6) is 1.23. The van der Waals surface area contributed by atoms with Gasteiger partial charge in [0.15, 0.2) is 0 Å². The molecule has 0 saturated heterocycles. The molecule has 0 aliphatic carbocycles. The number of carbonyl (C=O) groups is 1. The highest BCUT2D eigenvalue weighted by Crippen LogP contribution is 2.23. The molecule has 146 valence electrons. The van der Waals surface area contributed by atoms with E-state index in [0.29, 0.717) is 17.3 Å². The number of aromatic nitrogens is 3. The van der Waals surface area contributed by atoms with Gasteiger partial charge in [0.05, 0.1) is 6.10 Å². The first-order valence-corrected chi connectivity index (χ1v) is 9.07. The number of anilines is 2. The fourth-order valence-corrected chi connectivity index (χ4v) is 2.73. The van der Waals surface area contributed by atoms with Crippen LogP contribution in [-0.2, 0) is 7.05 Å². The van der Waals surface area contributed by atoms with E-state index in [1.165, 1.54) is 0 Å². The van der Waals surface area contributed by atoms with Crippen molar-refractivity contribution in [2.45, 2.75) is 20.0 Å². The first kappa shape index (κ1) is 19.4. The van der Waals surface area contributed by atoms with E-state index in [1.54, 1.807) is 17.0 Å². The van der Waals surface area contributed by atoms with Gasteiger partial charge >= 0.3 is 0 Å². The first-order chi connectivity index (χ1) is 13.3. The Morgan fingerprint density at radius 2 is 1.75 bits per heavy atom. The highest BCUT2D eigenvalue weighted by Gasteiger charge is 2.14. The van der Waals surface area contributed by atoms with Gasteiger partial charge in [-0.25, -0.2) is 9.97 Å². The standard InChI is InChI=1S/C21H25N5O2/c1-14(2)28-18-8-6-17(7-9-18)24-20(27)19-10-15(13-26(19)5)16-11-22-21(23-12-16)25(3)4/h6-14H,1-5H3,(H,24,27). The van der Waals surface area contributed by atoms with Crippen LogP contribution >= 0.6 is 0 Å². The Morgan fingerprint density at radius 3 is 2.32 bits per heavy atom. The summed E-state index contributed by atoms with van der Waals surface area (Å²) in [5.41, 5.74) is 3.01. The van der Waals surface area contributed by atoms with Crippen molar-refractivity contribution in [3.8, 4) is 16.9 Å². The van der Waals surface area contributed by atoms with Crippen LogP contribution in [0.2, 0.25) is 0 Å². The molecule has 0 bridgehead atoms. The normalized spacial score (nSPS) is 10.8. The van der Waals surface area contributed by atoms with Gasteiger partial charge in [-0.2, -0.15) is 0 Å². The number of rotatable bonds is 6. The van der Waals surface area contributed by atoms with E-state index in [9.17, 15) is 4.79 Å². The second-order valence-corrected chi connectivity index (χ2v) is 7.04. The highest BCUT2D eigenvalue weighted by molar-refractivity contribution is 6.04. The maximum Gasteiger partial charge on any atom is 0.272 e. The summed E-state index contributed by atoms with van der Waals surface area (Å²) in [5, 5.41) is 2.92. The van der Waals surface area contributed by atoms with E-state index in [2.05, 4.69) is 15.3 Å². The molecule has 0 aliphatic heterocycles. The summed E-state index contributed by atoms with van der Waals surface area (Å²) >= 11 is 0. The summed E-state index contributed by atoms with van der Waals surface area (Å²) in [6.45, 7) is 3.95. The molecule has 2 aromatic heterocycles. The summed E-state index contributed by atoms with van der Waals surface area (Å²) in [4.78, 5) is 23.2. The number of hydrogen-bond acceptors (Lipinski definition) is 5. The maximum atomic E-state index is 12.7. The Labute approximate surface area is 165 Å². The van der Waals surface area contributed by atoms with Gasteiger partial charge < -0.3 is 19.5 Å². The van der Waals surface area contributed by atoms with Crippen molar-refractivity contribution in [1.82, 2.24) is 14.5 Å². The molecule has 0 aliphatic rings. The molecular formula is C21H25N5O2. The van der Waals surface area contributed by atoms with Gasteiger partial charge in [0.1, 0.15) is 11.4 Å². The predicted molar refractivity (Wildman–Crippen MR) is 111 cm³/mol. The fourth-order valence-electron chi connectivity index (χ4n) is 2.73. The van der Waals surface area contributed by atoms with Gasteiger partial charge in [-0.05, 0) is 44.2 Å². The van der Waals surface area contributed by atoms with Gasteiger partial charge in [0, 0.05) is 56.5 Å². The lowest BCUT2D eigenvalue weighted by Crippen LogP contribution is -2.15. The van der Waals surface area contributed by atoms with E-state index < -0.39 is 0 Å². The van der Waals surface area contributed by atoms with Gasteiger partial charge in [-0.15, -0.1) is 0 Å². The lowest BCUT2D eigenvalue weighted by Gasteiger charge is -2.10. The van der Waals surface area contributed by atoms with Gasteiger partial charge in [0.2, 0.25) is 5.95 Å². The Hall–Kier alpha value is -3.35. The van der Waals surface area contributed by atoms with Crippen LogP contribution in [0.3, 0.4) is 0 Å². The number of hydrogen-bond donors (Lipinski definition) is 1. The van der Waals surface area contributed by atoms with Crippen LogP contribution in [0.1, 0.15) is 24.3 Å². The molecule has 1 N–H and O–H groups in total. The minimum Gasteiger partial charge on any atom is -0.491 e. The van der Waals surface area contributed by atoms with Gasteiger partial charge in [-0.1, -0.05) is 0 Å². The number of carbonyl (C=O) groups excluding carboxylic acids is 1. The molecule has 2 heterocycles. The monoisotopic (exact) mass is 379 g/mol. The van der Waals surface area contributed by atoms with Gasteiger partial charge in [0.25, 0.3) is 5.91 Å². The van der Waals surface area contributed by atoms with E-state index in [4.69, 9.17) is 4.74 Å². The van der Waals surface area contributed by atoms with Crippen LogP contribution in [0.25, 0.3) is 11.1 Å². The van der Waals surface area contributed by atoms with E-state index in [1.807, 2.05) is 76.4 Å². The van der Waals surface area contributed by atoms with Crippen LogP contribution in [-0.4, -0.2) is 40.6 Å². The van der Waals surface area contributed by atoms with Gasteiger partial charge in [-0.3, -0.25) is 4.79 Å². The molecular weight excluding hydrogens is 354 g/mol. The third-order valence-electron chi connectivity index (χ3n) is 4.09. The largest absolute Gasteiger partial charge is 0.491 e. The molecule has 0 saturated carbocycles. The molecule has 7 heteroatoms. The van der Waals surface area contributed by atoms with Crippen molar-refractivity contribution in [2.75, 3.05) is 24.3 Å². The summed E-state index contributed by atoms with van der Waals surface area (Å²) in [7, 11) is 5.62. The molecule has 3 rings (SSSR count). The Kier molecular flexibility index (Phi) is 5.63. The third kappa shape index (κ3) is 4.49. The van der Waals surface area contributed by atoms with Crippen LogP contribution in [0.4, 0.5) is 11.6 Å². The van der Waals surface area contributed by atoms with E-state index in [-0.39, 0.29) is 12.0 Å². The van der Waals surface area contributed by atoms with Crippen molar-refractivity contribution < 1.29 is 9.53 Å². The zero-order valence-electron chi connectivity index (χ0n) is 16.8. The average Bonchev–Trinajstić information content (AvgIpc) is 3.05. The molecule has 7 nitrogen and oxygen atoms in total. The number of aryl methyl sites for hydroxylation is 1. The van der Waals surface area contributed by atoms with Crippen molar-refractivity contribution in [1.29, 1.82) is 0 Å². The Morgan fingerprint density at radius 1 is 1.11 bits per heavy atom. The first-order valence-electron chi connectivity index (χ1n) is 9.07. The smallest absolute Gasteiger partial charge is 0.272 e. The molecule has 1 amide bonds. The average molecular weight is 379 g/mol. The zero-order chi connectivity index (χ0) is 20.3. The number of ether oxygens (including phenoxy) is 1. The fraction of sp³-hybridized carbons (Fsp3) is 0.286. The minimum absolute atomic E-state index is 0.109. The van der Waals surface area contributed by atoms with Crippen molar-refractivity contribution in [2.24, 2.45) is 7.05 Å². The van der Waals surface area contributed by atoms with Crippen LogP contribution < -0.4 is 15.0 Å². The third-order valence-corrected chi connectivity index (χ3v) is 4.09. The van der Waals surface area contributed by atoms with Crippen molar-refractivity contribution in [3.05, 3.63) is 54.6 Å². The van der Waals surface area contributed by atoms with Crippen molar-refractivity contribution >= 4 is 17.5 Å². The molecule has 0 unspecified atom stereocenters. The van der Waals surface area contributed by atoms with E-state index in [0.717, 1.165) is 16.9 Å². The molecule has 0 spiro atoms. The minimum atomic E-state index is -0.183. The zero-order valence-corrected chi connectivity index (χ0v) is 16.8. The lowest BCUT2D eigenvalue weighted by molar-refractivity contribution is 0.101. The molecule has 1 aromatic carbocycles. The summed E-state index contributed by atoms with van der Waals surface area (Å²) in [6.07, 6.45) is 5.51. The molecule has 0 fully saturated rings. The maximum absolute atomic E-state index is 12.7. The predicted octanol–water partition coefficient (Wildman–Crippen LogP) is 3.59. The van der Waals surface area contributed by atoms with Crippen LogP contribution in [0.15, 0.2) is 48.9 Å². The lowest BCUT2D eigenvalue weighted by atomic mass is 10.2. The Balaban J connectivity index is 1.74. The topological polar surface area (TPSA) is 72.3 Å². The molecule has 0 atom stereocenters. The Bertz CT molecular complexity index is 944.